The Morgan fingerprint density at radius 2 is 0.756 bits per heavy atom. The number of benzene rings is 4. The molecule has 0 saturated heterocycles. The van der Waals surface area contributed by atoms with Crippen LogP contribution in [-0.2, 0) is 5.41 Å². The van der Waals surface area contributed by atoms with Gasteiger partial charge in [-0.2, -0.15) is 26.3 Å². The van der Waals surface area contributed by atoms with E-state index in [-0.39, 0.29) is 44.2 Å². The minimum atomic E-state index is -6.20. The van der Waals surface area contributed by atoms with E-state index in [4.69, 9.17) is 0 Å². The monoisotopic (exact) mass is 626 g/mol. The molecule has 0 aliphatic carbocycles. The highest BCUT2D eigenvalue weighted by Gasteiger charge is 2.73. The van der Waals surface area contributed by atoms with Crippen molar-refractivity contribution in [2.45, 2.75) is 17.8 Å². The molecule has 4 amide bonds. The maximum Gasteiger partial charge on any atom is 0.411 e. The van der Waals surface area contributed by atoms with Crippen LogP contribution in [-0.4, -0.2) is 46.2 Å². The number of rotatable bonds is 4. The first-order valence-electron chi connectivity index (χ1n) is 12.9. The number of halogens is 6. The van der Waals surface area contributed by atoms with Crippen LogP contribution in [0.2, 0.25) is 0 Å². The van der Waals surface area contributed by atoms with Crippen molar-refractivity contribution in [3.05, 3.63) is 118 Å². The summed E-state index contributed by atoms with van der Waals surface area (Å²) in [5, 5.41) is 21.0. The fourth-order valence-corrected chi connectivity index (χ4v) is 5.67. The minimum Gasteiger partial charge on any atom is -0.506 e. The number of imide groups is 2. The average molecular weight is 626 g/mol. The highest BCUT2D eigenvalue weighted by Crippen LogP contribution is 2.58. The molecule has 0 spiro atoms. The quantitative estimate of drug-likeness (QED) is 0.209. The van der Waals surface area contributed by atoms with Crippen LogP contribution in [0.3, 0.4) is 0 Å². The fraction of sp³-hybridized carbons (Fsp3) is 0.0968. The Balaban J connectivity index is 1.57. The summed E-state index contributed by atoms with van der Waals surface area (Å²) in [4.78, 5) is 52.6. The zero-order valence-corrected chi connectivity index (χ0v) is 22.3. The van der Waals surface area contributed by atoms with E-state index in [1.165, 1.54) is 48.5 Å². The topological polar surface area (TPSA) is 115 Å². The van der Waals surface area contributed by atoms with Gasteiger partial charge < -0.3 is 10.2 Å². The lowest BCUT2D eigenvalue weighted by molar-refractivity contribution is -0.288. The van der Waals surface area contributed by atoms with Crippen LogP contribution in [0.4, 0.5) is 37.7 Å². The Morgan fingerprint density at radius 1 is 0.467 bits per heavy atom. The molecule has 0 bridgehead atoms. The Kier molecular flexibility index (Phi) is 6.32. The number of carbonyl (C=O) groups is 4. The van der Waals surface area contributed by atoms with E-state index in [1.807, 2.05) is 0 Å². The van der Waals surface area contributed by atoms with E-state index >= 15 is 26.3 Å². The maximum atomic E-state index is 15.1. The number of fused-ring (bicyclic) bond motifs is 2. The van der Waals surface area contributed by atoms with Crippen LogP contribution >= 0.6 is 0 Å². The van der Waals surface area contributed by atoms with Gasteiger partial charge in [0, 0.05) is 0 Å². The minimum absolute atomic E-state index is 0.186. The molecule has 0 fully saturated rings. The molecular formula is C31H16F6N2O6. The molecule has 2 aliphatic heterocycles. The second-order valence-corrected chi connectivity index (χ2v) is 10.1. The predicted octanol–water partition coefficient (Wildman–Crippen LogP) is 6.11. The third-order valence-corrected chi connectivity index (χ3v) is 7.74. The molecule has 4 aromatic rings. The van der Waals surface area contributed by atoms with Crippen LogP contribution < -0.4 is 9.80 Å². The standard InChI is InChI=1S/C31H16F6N2O6/c32-30(33,34)29(31(35,36)37,15-9-11-23(40)21(13-15)38-25(42)17-5-1-2-6-18(17)26(38)43)16-10-12-24(41)22(14-16)39-27(44)19-7-3-4-8-20(19)28(39)45/h1-14,40-41H. The number of carbonyl (C=O) groups excluding carboxylic acids is 4. The first-order valence-corrected chi connectivity index (χ1v) is 12.9. The van der Waals surface area contributed by atoms with Gasteiger partial charge in [-0.15, -0.1) is 0 Å². The highest BCUT2D eigenvalue weighted by molar-refractivity contribution is 6.35. The zero-order valence-electron chi connectivity index (χ0n) is 22.3. The van der Waals surface area contributed by atoms with Crippen molar-refractivity contribution < 1.29 is 55.7 Å². The number of amides is 4. The van der Waals surface area contributed by atoms with Crippen molar-refractivity contribution in [2.75, 3.05) is 9.80 Å². The third-order valence-electron chi connectivity index (χ3n) is 7.74. The predicted molar refractivity (Wildman–Crippen MR) is 144 cm³/mol. The summed E-state index contributed by atoms with van der Waals surface area (Å²) in [5.41, 5.74) is -10.7. The summed E-state index contributed by atoms with van der Waals surface area (Å²) in [7, 11) is 0. The fourth-order valence-electron chi connectivity index (χ4n) is 5.67. The summed E-state index contributed by atoms with van der Waals surface area (Å²) in [6, 6.07) is 12.5. The van der Waals surface area contributed by atoms with Crippen LogP contribution in [0.25, 0.3) is 0 Å². The Bertz CT molecular complexity index is 1760. The van der Waals surface area contributed by atoms with Crippen molar-refractivity contribution in [3.8, 4) is 11.5 Å². The summed E-state index contributed by atoms with van der Waals surface area (Å²) in [6.45, 7) is 0. The molecule has 0 unspecified atom stereocenters. The molecule has 8 nitrogen and oxygen atoms in total. The molecule has 45 heavy (non-hydrogen) atoms. The lowest BCUT2D eigenvalue weighted by Crippen LogP contribution is -2.55. The van der Waals surface area contributed by atoms with Crippen molar-refractivity contribution >= 4 is 35.0 Å². The van der Waals surface area contributed by atoms with Gasteiger partial charge >= 0.3 is 12.4 Å². The molecule has 0 aromatic heterocycles. The van der Waals surface area contributed by atoms with Crippen LogP contribution in [0.1, 0.15) is 52.6 Å². The van der Waals surface area contributed by atoms with Crippen molar-refractivity contribution in [2.24, 2.45) is 0 Å². The smallest absolute Gasteiger partial charge is 0.411 e. The summed E-state index contributed by atoms with van der Waals surface area (Å²) < 4.78 is 90.4. The number of phenols is 2. The van der Waals surface area contributed by atoms with E-state index in [0.29, 0.717) is 24.3 Å². The van der Waals surface area contributed by atoms with Crippen LogP contribution in [0, 0.1) is 0 Å². The second kappa shape index (κ2) is 9.67. The van der Waals surface area contributed by atoms with Crippen LogP contribution in [0.15, 0.2) is 84.9 Å². The number of hydrogen-bond acceptors (Lipinski definition) is 6. The molecule has 0 atom stereocenters. The van der Waals surface area contributed by atoms with E-state index in [1.54, 1.807) is 0 Å². The lowest BCUT2D eigenvalue weighted by Gasteiger charge is -2.39. The number of nitrogens with zero attached hydrogens (tertiary/aromatic N) is 2. The Labute approximate surface area is 248 Å². The molecule has 228 valence electrons. The van der Waals surface area contributed by atoms with Gasteiger partial charge in [0.15, 0.2) is 0 Å². The van der Waals surface area contributed by atoms with Gasteiger partial charge in [-0.25, -0.2) is 9.80 Å². The first kappa shape index (κ1) is 29.4. The van der Waals surface area contributed by atoms with Gasteiger partial charge in [0.25, 0.3) is 23.6 Å². The normalized spacial score (nSPS) is 15.2. The van der Waals surface area contributed by atoms with Gasteiger partial charge in [-0.05, 0) is 59.7 Å². The Hall–Kier alpha value is -5.66. The average Bonchev–Trinajstić information content (AvgIpc) is 3.38. The van der Waals surface area contributed by atoms with Gasteiger partial charge in [-0.1, -0.05) is 36.4 Å². The molecule has 0 saturated carbocycles. The maximum absolute atomic E-state index is 15.1. The van der Waals surface area contributed by atoms with Crippen molar-refractivity contribution in [1.29, 1.82) is 0 Å². The molecular weight excluding hydrogens is 610 g/mol. The number of alkyl halides is 6. The molecule has 14 heteroatoms. The van der Waals surface area contributed by atoms with Gasteiger partial charge in [0.2, 0.25) is 5.41 Å². The molecule has 6 rings (SSSR count). The van der Waals surface area contributed by atoms with E-state index < -0.39 is 75.4 Å². The highest BCUT2D eigenvalue weighted by atomic mass is 19.4. The second-order valence-electron chi connectivity index (χ2n) is 10.1. The lowest BCUT2D eigenvalue weighted by atomic mass is 9.72. The SMILES string of the molecule is O=C1c2ccccc2C(=O)N1c1cc(C(c2ccc(O)c(N3C(=O)c4ccccc4C3=O)c2)(C(F)(F)F)C(F)(F)F)ccc1O. The molecule has 2 aliphatic rings. The number of anilines is 2. The number of hydrogen-bond donors (Lipinski definition) is 2. The summed E-state index contributed by atoms with van der Waals surface area (Å²) in [5.74, 6) is -6.31. The van der Waals surface area contributed by atoms with Gasteiger partial charge in [0.05, 0.1) is 33.6 Å². The number of phenolic OH excluding ortho intramolecular Hbond substituents is 2. The molecule has 0 radical (unpaired) electrons. The van der Waals surface area contributed by atoms with E-state index in [2.05, 4.69) is 0 Å². The largest absolute Gasteiger partial charge is 0.506 e. The number of aromatic hydroxyl groups is 2. The van der Waals surface area contributed by atoms with Crippen molar-refractivity contribution in [3.63, 3.8) is 0 Å². The third kappa shape index (κ3) is 4.01. The zero-order chi connectivity index (χ0) is 32.6. The van der Waals surface area contributed by atoms with Crippen molar-refractivity contribution in [1.82, 2.24) is 0 Å². The van der Waals surface area contributed by atoms with E-state index in [0.717, 1.165) is 0 Å². The van der Waals surface area contributed by atoms with E-state index in [9.17, 15) is 29.4 Å². The summed E-state index contributed by atoms with van der Waals surface area (Å²) >= 11 is 0. The van der Waals surface area contributed by atoms with Gasteiger partial charge in [-0.3, -0.25) is 19.2 Å². The van der Waals surface area contributed by atoms with Gasteiger partial charge in [0.1, 0.15) is 11.5 Å². The molecule has 2 N–H and O–H groups in total. The molecule has 2 heterocycles. The summed E-state index contributed by atoms with van der Waals surface area (Å²) in [6.07, 6.45) is -12.4. The van der Waals surface area contributed by atoms with Crippen LogP contribution in [0.5, 0.6) is 11.5 Å². The molecule has 4 aromatic carbocycles. The Morgan fingerprint density at radius 3 is 1.02 bits per heavy atom. The first-order chi connectivity index (χ1) is 21.1.